The van der Waals surface area contributed by atoms with Crippen molar-refractivity contribution in [1.82, 2.24) is 24.8 Å². The molecule has 1 unspecified atom stereocenters. The predicted molar refractivity (Wildman–Crippen MR) is 142 cm³/mol. The summed E-state index contributed by atoms with van der Waals surface area (Å²) in [6.07, 6.45) is 10.0. The molecule has 0 aliphatic carbocycles. The minimum absolute atomic E-state index is 0.207. The van der Waals surface area contributed by atoms with Crippen LogP contribution < -0.4 is 10.1 Å². The van der Waals surface area contributed by atoms with Gasteiger partial charge in [-0.05, 0) is 87.3 Å². The molecule has 0 saturated carbocycles. The van der Waals surface area contributed by atoms with Crippen molar-refractivity contribution in [3.8, 4) is 5.75 Å². The summed E-state index contributed by atoms with van der Waals surface area (Å²) < 4.78 is 8.12. The Bertz CT molecular complexity index is 1220. The molecule has 2 N–H and O–H groups in total. The number of aromatic nitrogens is 3. The van der Waals surface area contributed by atoms with Gasteiger partial charge < -0.3 is 19.6 Å². The molecule has 4 aromatic rings. The molecule has 7 heteroatoms. The van der Waals surface area contributed by atoms with Crippen LogP contribution in [0, 0.1) is 0 Å². The van der Waals surface area contributed by atoms with E-state index in [4.69, 9.17) is 16.3 Å². The molecule has 0 amide bonds. The molecular weight excluding hydrogens is 458 g/mol. The number of unbranched alkanes of at least 4 members (excludes halogenated alkanes) is 1. The second-order valence-corrected chi connectivity index (χ2v) is 9.81. The highest BCUT2D eigenvalue weighted by Gasteiger charge is 2.29. The molecule has 5 rings (SSSR count). The highest BCUT2D eigenvalue weighted by atomic mass is 35.5. The van der Waals surface area contributed by atoms with E-state index in [0.717, 1.165) is 74.8 Å². The number of H-pyrrole nitrogens is 1. The molecule has 1 aliphatic rings. The van der Waals surface area contributed by atoms with Crippen molar-refractivity contribution in [2.45, 2.75) is 38.3 Å². The molecule has 1 aliphatic heterocycles. The monoisotopic (exact) mass is 491 g/mol. The quantitative estimate of drug-likeness (QED) is 0.274. The number of nitrogens with one attached hydrogen (secondary N) is 2. The molecule has 184 valence electrons. The van der Waals surface area contributed by atoms with E-state index in [9.17, 15) is 0 Å². The lowest BCUT2D eigenvalue weighted by atomic mass is 9.93. The molecule has 0 spiro atoms. The van der Waals surface area contributed by atoms with Crippen LogP contribution in [-0.4, -0.2) is 52.7 Å². The lowest BCUT2D eigenvalue weighted by Gasteiger charge is -2.33. The number of aryl methyl sites for hydroxylation is 1. The van der Waals surface area contributed by atoms with E-state index in [1.807, 2.05) is 24.8 Å². The lowest BCUT2D eigenvalue weighted by molar-refractivity contribution is 0.261. The molecule has 3 heterocycles. The fraction of sp³-hybridized carbons (Fsp3) is 0.393. The van der Waals surface area contributed by atoms with Gasteiger partial charge in [-0.1, -0.05) is 23.7 Å². The number of benzene rings is 2. The van der Waals surface area contributed by atoms with Crippen molar-refractivity contribution in [3.05, 3.63) is 83.0 Å². The molecule has 35 heavy (non-hydrogen) atoms. The maximum absolute atomic E-state index is 6.28. The number of aromatic amines is 1. The fourth-order valence-electron chi connectivity index (χ4n) is 5.02. The van der Waals surface area contributed by atoms with Gasteiger partial charge >= 0.3 is 0 Å². The highest BCUT2D eigenvalue weighted by molar-refractivity contribution is 6.31. The zero-order valence-electron chi connectivity index (χ0n) is 20.3. The number of fused-ring (bicyclic) bond motifs is 3. The van der Waals surface area contributed by atoms with Gasteiger partial charge in [0.05, 0.1) is 19.0 Å². The molecule has 6 nitrogen and oxygen atoms in total. The van der Waals surface area contributed by atoms with Crippen LogP contribution in [0.2, 0.25) is 5.02 Å². The molecule has 0 saturated heterocycles. The molecule has 2 aromatic heterocycles. The Balaban J connectivity index is 1.09. The van der Waals surface area contributed by atoms with Crippen LogP contribution in [0.3, 0.4) is 0 Å². The first-order chi connectivity index (χ1) is 17.2. The summed E-state index contributed by atoms with van der Waals surface area (Å²) in [6.45, 7) is 4.83. The Kier molecular flexibility index (Phi) is 7.72. The predicted octanol–water partition coefficient (Wildman–Crippen LogP) is 5.43. The normalized spacial score (nSPS) is 16.0. The molecule has 0 bridgehead atoms. The van der Waals surface area contributed by atoms with E-state index < -0.39 is 0 Å². The second kappa shape index (κ2) is 11.3. The first-order valence-corrected chi connectivity index (χ1v) is 13.0. The van der Waals surface area contributed by atoms with E-state index in [0.29, 0.717) is 0 Å². The summed E-state index contributed by atoms with van der Waals surface area (Å²) in [5.41, 5.74) is 5.11. The average molecular weight is 492 g/mol. The van der Waals surface area contributed by atoms with E-state index in [1.54, 1.807) is 0 Å². The smallest absolute Gasteiger partial charge is 0.119 e. The number of halogens is 1. The Labute approximate surface area is 212 Å². The molecule has 0 fully saturated rings. The Morgan fingerprint density at radius 2 is 1.97 bits per heavy atom. The fourth-order valence-corrected chi connectivity index (χ4v) is 5.19. The zero-order chi connectivity index (χ0) is 24.0. The highest BCUT2D eigenvalue weighted by Crippen LogP contribution is 2.38. The Morgan fingerprint density at radius 3 is 2.80 bits per heavy atom. The van der Waals surface area contributed by atoms with Crippen LogP contribution in [0.5, 0.6) is 5.75 Å². The molecular formula is C28H34ClN5O. The van der Waals surface area contributed by atoms with E-state index >= 15 is 0 Å². The molecule has 2 aromatic carbocycles. The maximum atomic E-state index is 6.28. The third-order valence-corrected chi connectivity index (χ3v) is 7.11. The largest absolute Gasteiger partial charge is 0.494 e. The first-order valence-electron chi connectivity index (χ1n) is 12.6. The summed E-state index contributed by atoms with van der Waals surface area (Å²) in [5, 5.41) is 5.55. The SMILES string of the molecule is CN1CCc2c([nH]c3ccc(Cl)cc23)C1c1ccc(OCCCCNCCCn2ccnc2)cc1. The summed E-state index contributed by atoms with van der Waals surface area (Å²) in [4.78, 5) is 10.2. The van der Waals surface area contributed by atoms with Crippen LogP contribution in [0.25, 0.3) is 10.9 Å². The standard InChI is InChI=1S/C28H34ClN5O/c1-33-16-11-24-25-19-22(29)7-10-26(25)32-27(24)28(33)21-5-8-23(9-6-21)35-18-3-2-12-30-13-4-15-34-17-14-31-20-34/h5-10,14,17,19-20,28,30,32H,2-4,11-13,15-16,18H2,1H3. The zero-order valence-corrected chi connectivity index (χ0v) is 21.1. The molecule has 1 atom stereocenters. The van der Waals surface area contributed by atoms with Gasteiger partial charge in [0, 0.05) is 47.1 Å². The summed E-state index contributed by atoms with van der Waals surface area (Å²) in [5.74, 6) is 0.934. The van der Waals surface area contributed by atoms with E-state index in [1.165, 1.54) is 22.2 Å². The minimum Gasteiger partial charge on any atom is -0.494 e. The Morgan fingerprint density at radius 1 is 1.11 bits per heavy atom. The van der Waals surface area contributed by atoms with Gasteiger partial charge in [-0.3, -0.25) is 4.90 Å². The van der Waals surface area contributed by atoms with Crippen molar-refractivity contribution in [2.24, 2.45) is 0 Å². The number of hydrogen-bond acceptors (Lipinski definition) is 4. The van der Waals surface area contributed by atoms with Gasteiger partial charge in [-0.2, -0.15) is 0 Å². The average Bonchev–Trinajstić information content (AvgIpc) is 3.51. The van der Waals surface area contributed by atoms with Gasteiger partial charge in [0.1, 0.15) is 5.75 Å². The number of imidazole rings is 1. The van der Waals surface area contributed by atoms with Crippen LogP contribution in [-0.2, 0) is 13.0 Å². The van der Waals surface area contributed by atoms with Crippen molar-refractivity contribution in [3.63, 3.8) is 0 Å². The number of likely N-dealkylation sites (N-methyl/N-ethyl adjacent to an activating group) is 1. The van der Waals surface area contributed by atoms with E-state index in [-0.39, 0.29) is 6.04 Å². The molecule has 0 radical (unpaired) electrons. The summed E-state index contributed by atoms with van der Waals surface area (Å²) >= 11 is 6.28. The van der Waals surface area contributed by atoms with Crippen LogP contribution in [0.1, 0.15) is 42.1 Å². The van der Waals surface area contributed by atoms with Crippen molar-refractivity contribution < 1.29 is 4.74 Å². The minimum atomic E-state index is 0.207. The van der Waals surface area contributed by atoms with Gasteiger partial charge in [-0.15, -0.1) is 0 Å². The number of rotatable bonds is 11. The third kappa shape index (κ3) is 5.72. The van der Waals surface area contributed by atoms with Crippen molar-refractivity contribution in [2.75, 3.05) is 33.3 Å². The topological polar surface area (TPSA) is 58.1 Å². The van der Waals surface area contributed by atoms with Crippen LogP contribution in [0.15, 0.2) is 61.2 Å². The maximum Gasteiger partial charge on any atom is 0.119 e. The number of nitrogens with zero attached hydrogens (tertiary/aromatic N) is 3. The van der Waals surface area contributed by atoms with Crippen LogP contribution in [0.4, 0.5) is 0 Å². The first kappa shape index (κ1) is 23.9. The summed E-state index contributed by atoms with van der Waals surface area (Å²) in [7, 11) is 2.20. The van der Waals surface area contributed by atoms with Gasteiger partial charge in [0.2, 0.25) is 0 Å². The van der Waals surface area contributed by atoms with E-state index in [2.05, 4.69) is 68.2 Å². The van der Waals surface area contributed by atoms with Crippen molar-refractivity contribution in [1.29, 1.82) is 0 Å². The Hall–Kier alpha value is -2.80. The van der Waals surface area contributed by atoms with Crippen LogP contribution >= 0.6 is 11.6 Å². The van der Waals surface area contributed by atoms with Gasteiger partial charge in [0.15, 0.2) is 0 Å². The van der Waals surface area contributed by atoms with Crippen molar-refractivity contribution >= 4 is 22.5 Å². The van der Waals surface area contributed by atoms with Gasteiger partial charge in [-0.25, -0.2) is 4.98 Å². The number of ether oxygens (including phenoxy) is 1. The number of hydrogen-bond donors (Lipinski definition) is 2. The van der Waals surface area contributed by atoms with Gasteiger partial charge in [0.25, 0.3) is 0 Å². The second-order valence-electron chi connectivity index (χ2n) is 9.37. The third-order valence-electron chi connectivity index (χ3n) is 6.87. The lowest BCUT2D eigenvalue weighted by Crippen LogP contribution is -2.32. The summed E-state index contributed by atoms with van der Waals surface area (Å²) in [6, 6.07) is 14.9.